The average Bonchev–Trinajstić information content (AvgIpc) is 2.85. The summed E-state index contributed by atoms with van der Waals surface area (Å²) in [4.78, 5) is 0.849. The number of hydrogen-bond donors (Lipinski definition) is 0. The molecule has 0 unspecified atom stereocenters. The van der Waals surface area contributed by atoms with Crippen molar-refractivity contribution in [3.63, 3.8) is 0 Å². The number of rotatable bonds is 1. The van der Waals surface area contributed by atoms with E-state index in [1.807, 2.05) is 4.52 Å². The largest absolute Gasteiger partial charge is 0.235 e. The topological polar surface area (TPSA) is 43.1 Å². The Morgan fingerprint density at radius 1 is 1.16 bits per heavy atom. The summed E-state index contributed by atoms with van der Waals surface area (Å²) in [6.45, 7) is 8.45. The first kappa shape index (κ1) is 12.3. The number of benzene rings is 1. The van der Waals surface area contributed by atoms with Gasteiger partial charge in [0.05, 0.1) is 0 Å². The molecule has 0 aliphatic rings. The van der Waals surface area contributed by atoms with E-state index in [1.165, 1.54) is 5.56 Å². The zero-order valence-electron chi connectivity index (χ0n) is 11.5. The highest BCUT2D eigenvalue weighted by Crippen LogP contribution is 2.28. The average molecular weight is 272 g/mol. The maximum atomic E-state index is 4.66. The van der Waals surface area contributed by atoms with Crippen molar-refractivity contribution in [2.75, 3.05) is 0 Å². The summed E-state index contributed by atoms with van der Waals surface area (Å²) in [5, 5.41) is 14.1. The molecule has 5 heteroatoms. The zero-order valence-corrected chi connectivity index (χ0v) is 12.3. The van der Waals surface area contributed by atoms with Gasteiger partial charge in [0, 0.05) is 11.0 Å². The Balaban J connectivity index is 2.15. The van der Waals surface area contributed by atoms with Crippen molar-refractivity contribution in [3.8, 4) is 10.6 Å². The minimum absolute atomic E-state index is 0.0582. The summed E-state index contributed by atoms with van der Waals surface area (Å²) < 4.78 is 1.86. The Morgan fingerprint density at radius 3 is 2.63 bits per heavy atom. The summed E-state index contributed by atoms with van der Waals surface area (Å²) in [7, 11) is 0. The summed E-state index contributed by atoms with van der Waals surface area (Å²) in [5.74, 6) is 0.901. The molecule has 4 nitrogen and oxygen atoms in total. The highest BCUT2D eigenvalue weighted by atomic mass is 32.1. The van der Waals surface area contributed by atoms with Crippen LogP contribution in [-0.4, -0.2) is 19.8 Å². The van der Waals surface area contributed by atoms with Crippen molar-refractivity contribution in [2.45, 2.75) is 33.1 Å². The van der Waals surface area contributed by atoms with E-state index in [2.05, 4.69) is 67.3 Å². The van der Waals surface area contributed by atoms with Gasteiger partial charge in [-0.15, -0.1) is 10.2 Å². The van der Waals surface area contributed by atoms with E-state index in [0.29, 0.717) is 0 Å². The van der Waals surface area contributed by atoms with Gasteiger partial charge in [0.15, 0.2) is 5.82 Å². The third-order valence-electron chi connectivity index (χ3n) is 2.93. The minimum Gasteiger partial charge on any atom is -0.186 e. The highest BCUT2D eigenvalue weighted by molar-refractivity contribution is 7.19. The molecule has 0 bridgehead atoms. The Morgan fingerprint density at radius 2 is 1.95 bits per heavy atom. The lowest BCUT2D eigenvalue weighted by atomic mass is 9.96. The quantitative estimate of drug-likeness (QED) is 0.681. The number of aryl methyl sites for hydroxylation is 1. The maximum absolute atomic E-state index is 4.66. The first-order valence-electron chi connectivity index (χ1n) is 6.25. The number of fused-ring (bicyclic) bond motifs is 1. The van der Waals surface area contributed by atoms with Gasteiger partial charge in [-0.25, -0.2) is 0 Å². The molecule has 2 aromatic heterocycles. The lowest BCUT2D eigenvalue weighted by Crippen LogP contribution is -2.16. The van der Waals surface area contributed by atoms with Crippen LogP contribution in [0, 0.1) is 6.92 Å². The molecule has 2 heterocycles. The molecule has 0 radical (unpaired) electrons. The van der Waals surface area contributed by atoms with Crippen molar-refractivity contribution in [3.05, 3.63) is 35.7 Å². The third-order valence-corrected chi connectivity index (χ3v) is 3.87. The lowest BCUT2D eigenvalue weighted by molar-refractivity contribution is 0.528. The molecule has 0 atom stereocenters. The van der Waals surface area contributed by atoms with Gasteiger partial charge >= 0.3 is 0 Å². The molecule has 0 saturated heterocycles. The van der Waals surface area contributed by atoms with Gasteiger partial charge < -0.3 is 0 Å². The molecule has 0 amide bonds. The van der Waals surface area contributed by atoms with Gasteiger partial charge in [0.2, 0.25) is 4.96 Å². The molecule has 0 N–H and O–H groups in total. The van der Waals surface area contributed by atoms with E-state index in [0.717, 1.165) is 21.4 Å². The second kappa shape index (κ2) is 4.13. The van der Waals surface area contributed by atoms with Crippen LogP contribution < -0.4 is 0 Å². The van der Waals surface area contributed by atoms with Crippen LogP contribution >= 0.6 is 11.3 Å². The SMILES string of the molecule is Cc1cccc(-c2nn3c(C(C)(C)C)nnc3s2)c1. The van der Waals surface area contributed by atoms with Crippen molar-refractivity contribution < 1.29 is 0 Å². The van der Waals surface area contributed by atoms with Crippen molar-refractivity contribution >= 4 is 16.3 Å². The molecule has 98 valence electrons. The first-order valence-corrected chi connectivity index (χ1v) is 7.06. The molecule has 0 saturated carbocycles. The molecule has 1 aromatic carbocycles. The lowest BCUT2D eigenvalue weighted by Gasteiger charge is -2.13. The Hall–Kier alpha value is -1.75. The van der Waals surface area contributed by atoms with Crippen molar-refractivity contribution in [1.82, 2.24) is 19.8 Å². The van der Waals surface area contributed by atoms with E-state index >= 15 is 0 Å². The molecule has 3 rings (SSSR count). The number of aromatic nitrogens is 4. The van der Waals surface area contributed by atoms with Gasteiger partial charge in [0.1, 0.15) is 5.01 Å². The predicted octanol–water partition coefficient (Wildman–Crippen LogP) is 3.46. The first-order chi connectivity index (χ1) is 8.95. The van der Waals surface area contributed by atoms with Gasteiger partial charge in [0.25, 0.3) is 0 Å². The predicted molar refractivity (Wildman–Crippen MR) is 77.5 cm³/mol. The van der Waals surface area contributed by atoms with Gasteiger partial charge in [-0.05, 0) is 13.0 Å². The van der Waals surface area contributed by atoms with Gasteiger partial charge in [-0.2, -0.15) is 9.61 Å². The standard InChI is InChI=1S/C14H16N4S/c1-9-6-5-7-10(8-9)11-17-18-12(14(2,3)4)15-16-13(18)19-11/h5-8H,1-4H3. The van der Waals surface area contributed by atoms with Crippen LogP contribution in [0.5, 0.6) is 0 Å². The number of nitrogens with zero attached hydrogens (tertiary/aromatic N) is 4. The molecule has 0 fully saturated rings. The fourth-order valence-electron chi connectivity index (χ4n) is 1.98. The van der Waals surface area contributed by atoms with E-state index in [-0.39, 0.29) is 5.41 Å². The maximum Gasteiger partial charge on any atom is 0.235 e. The van der Waals surface area contributed by atoms with Gasteiger partial charge in [-0.1, -0.05) is 55.9 Å². The van der Waals surface area contributed by atoms with E-state index in [9.17, 15) is 0 Å². The van der Waals surface area contributed by atoms with Crippen LogP contribution in [-0.2, 0) is 5.41 Å². The molecule has 19 heavy (non-hydrogen) atoms. The Kier molecular flexibility index (Phi) is 2.67. The molecular formula is C14H16N4S. The Bertz CT molecular complexity index is 733. The molecule has 0 spiro atoms. The van der Waals surface area contributed by atoms with Crippen molar-refractivity contribution in [2.24, 2.45) is 0 Å². The number of hydrogen-bond acceptors (Lipinski definition) is 4. The van der Waals surface area contributed by atoms with E-state index in [1.54, 1.807) is 11.3 Å². The minimum atomic E-state index is -0.0582. The molecule has 0 aliphatic heterocycles. The fourth-order valence-corrected chi connectivity index (χ4v) is 2.82. The second-order valence-corrected chi connectivity index (χ2v) is 6.70. The fraction of sp³-hybridized carbons (Fsp3) is 0.357. The second-order valence-electron chi connectivity index (χ2n) is 5.74. The normalized spacial score (nSPS) is 12.2. The zero-order chi connectivity index (χ0) is 13.6. The van der Waals surface area contributed by atoms with Crippen molar-refractivity contribution in [1.29, 1.82) is 0 Å². The van der Waals surface area contributed by atoms with Crippen LogP contribution in [0.3, 0.4) is 0 Å². The van der Waals surface area contributed by atoms with Gasteiger partial charge in [-0.3, -0.25) is 0 Å². The molecule has 0 aliphatic carbocycles. The summed E-state index contributed by atoms with van der Waals surface area (Å²) in [6.07, 6.45) is 0. The van der Waals surface area contributed by atoms with E-state index in [4.69, 9.17) is 0 Å². The van der Waals surface area contributed by atoms with E-state index < -0.39 is 0 Å². The van der Waals surface area contributed by atoms with Crippen LogP contribution in [0.15, 0.2) is 24.3 Å². The highest BCUT2D eigenvalue weighted by Gasteiger charge is 2.23. The Labute approximate surface area is 116 Å². The summed E-state index contributed by atoms with van der Waals surface area (Å²) in [6, 6.07) is 8.36. The summed E-state index contributed by atoms with van der Waals surface area (Å²) in [5.41, 5.74) is 2.31. The van der Waals surface area contributed by atoms with Crippen LogP contribution in [0.25, 0.3) is 15.5 Å². The molecule has 3 aromatic rings. The van der Waals surface area contributed by atoms with Crippen LogP contribution in [0.1, 0.15) is 32.2 Å². The van der Waals surface area contributed by atoms with Crippen LogP contribution in [0.2, 0.25) is 0 Å². The molecular weight excluding hydrogens is 256 g/mol. The monoisotopic (exact) mass is 272 g/mol. The smallest absolute Gasteiger partial charge is 0.186 e. The third kappa shape index (κ3) is 2.14. The van der Waals surface area contributed by atoms with Crippen LogP contribution in [0.4, 0.5) is 0 Å². The summed E-state index contributed by atoms with van der Waals surface area (Å²) >= 11 is 1.57.